The lowest BCUT2D eigenvalue weighted by Gasteiger charge is -2.04. The first-order chi connectivity index (χ1) is 9.70. The summed E-state index contributed by atoms with van der Waals surface area (Å²) in [7, 11) is 1.82. The van der Waals surface area contributed by atoms with Crippen LogP contribution < -0.4 is 11.1 Å². The zero-order chi connectivity index (χ0) is 14.4. The third kappa shape index (κ3) is 3.43. The quantitative estimate of drug-likeness (QED) is 0.771. The number of nitrogens with two attached hydrogens (primary N) is 1. The van der Waals surface area contributed by atoms with E-state index in [4.69, 9.17) is 5.73 Å². The van der Waals surface area contributed by atoms with Crippen LogP contribution in [0.2, 0.25) is 0 Å². The average Bonchev–Trinajstić information content (AvgIpc) is 2.88. The second kappa shape index (κ2) is 6.50. The van der Waals surface area contributed by atoms with Gasteiger partial charge in [-0.1, -0.05) is 11.8 Å². The van der Waals surface area contributed by atoms with E-state index in [-0.39, 0.29) is 12.5 Å². The number of nitrogens with zero attached hydrogens (tertiary/aromatic N) is 3. The van der Waals surface area contributed by atoms with Crippen molar-refractivity contribution in [3.05, 3.63) is 47.5 Å². The van der Waals surface area contributed by atoms with Crippen molar-refractivity contribution in [3.8, 4) is 11.8 Å². The Labute approximate surface area is 117 Å². The van der Waals surface area contributed by atoms with Crippen LogP contribution >= 0.6 is 0 Å². The first-order valence-electron chi connectivity index (χ1n) is 6.11. The fourth-order valence-electron chi connectivity index (χ4n) is 1.65. The molecule has 2 rings (SSSR count). The van der Waals surface area contributed by atoms with Crippen LogP contribution in [0, 0.1) is 11.8 Å². The molecule has 3 N–H and O–H groups in total. The second-order valence-corrected chi connectivity index (χ2v) is 4.07. The molecule has 2 aromatic rings. The maximum Gasteiger partial charge on any atom is 0.271 e. The Morgan fingerprint density at radius 1 is 1.50 bits per heavy atom. The van der Waals surface area contributed by atoms with E-state index in [9.17, 15) is 4.79 Å². The summed E-state index contributed by atoms with van der Waals surface area (Å²) in [6.07, 6.45) is 3.38. The van der Waals surface area contributed by atoms with Crippen LogP contribution in [0.5, 0.6) is 0 Å². The molecule has 0 unspecified atom stereocenters. The summed E-state index contributed by atoms with van der Waals surface area (Å²) in [5.41, 5.74) is 6.98. The van der Waals surface area contributed by atoms with Gasteiger partial charge in [-0.15, -0.1) is 0 Å². The van der Waals surface area contributed by atoms with Gasteiger partial charge in [-0.05, 0) is 18.2 Å². The minimum Gasteiger partial charge on any atom is -0.345 e. The van der Waals surface area contributed by atoms with Crippen molar-refractivity contribution in [2.45, 2.75) is 6.54 Å². The van der Waals surface area contributed by atoms with E-state index < -0.39 is 0 Å². The molecule has 0 spiro atoms. The molecule has 0 aromatic carbocycles. The predicted octanol–water partition coefficient (Wildman–Crippen LogP) is 0.0553. The second-order valence-electron chi connectivity index (χ2n) is 4.07. The fraction of sp³-hybridized carbons (Fsp3) is 0.214. The van der Waals surface area contributed by atoms with Crippen LogP contribution in [0.3, 0.4) is 0 Å². The number of aromatic nitrogens is 3. The molecule has 0 saturated heterocycles. The fourth-order valence-corrected chi connectivity index (χ4v) is 1.65. The van der Waals surface area contributed by atoms with E-state index in [2.05, 4.69) is 27.2 Å². The van der Waals surface area contributed by atoms with Crippen molar-refractivity contribution in [2.24, 2.45) is 12.8 Å². The number of carbonyl (C=O) groups is 1. The zero-order valence-electron chi connectivity index (χ0n) is 11.1. The molecule has 0 bridgehead atoms. The average molecular weight is 269 g/mol. The van der Waals surface area contributed by atoms with Gasteiger partial charge in [0.15, 0.2) is 0 Å². The van der Waals surface area contributed by atoms with Gasteiger partial charge in [-0.3, -0.25) is 9.48 Å². The van der Waals surface area contributed by atoms with Gasteiger partial charge < -0.3 is 11.1 Å². The minimum absolute atomic E-state index is 0.240. The largest absolute Gasteiger partial charge is 0.345 e. The Kier molecular flexibility index (Phi) is 4.47. The van der Waals surface area contributed by atoms with Gasteiger partial charge in [-0.2, -0.15) is 5.10 Å². The molecule has 6 nitrogen and oxygen atoms in total. The highest BCUT2D eigenvalue weighted by atomic mass is 16.1. The summed E-state index contributed by atoms with van der Waals surface area (Å²) in [4.78, 5) is 16.2. The van der Waals surface area contributed by atoms with Crippen LogP contribution in [0.4, 0.5) is 0 Å². The molecule has 2 aromatic heterocycles. The molecule has 0 aliphatic rings. The summed E-state index contributed by atoms with van der Waals surface area (Å²) < 4.78 is 1.68. The molecule has 102 valence electrons. The van der Waals surface area contributed by atoms with Crippen molar-refractivity contribution in [1.82, 2.24) is 20.1 Å². The Bertz CT molecular complexity index is 665. The molecule has 2 heterocycles. The highest BCUT2D eigenvalue weighted by Gasteiger charge is 2.11. The molecule has 0 saturated carbocycles. The minimum atomic E-state index is -0.280. The van der Waals surface area contributed by atoms with Crippen LogP contribution in [0.15, 0.2) is 30.6 Å². The maximum absolute atomic E-state index is 12.1. The van der Waals surface area contributed by atoms with Crippen LogP contribution in [0.1, 0.15) is 21.7 Å². The molecular weight excluding hydrogens is 254 g/mol. The van der Waals surface area contributed by atoms with E-state index in [1.54, 1.807) is 23.0 Å². The summed E-state index contributed by atoms with van der Waals surface area (Å²) in [6, 6.07) is 5.31. The van der Waals surface area contributed by atoms with Crippen molar-refractivity contribution in [1.29, 1.82) is 0 Å². The van der Waals surface area contributed by atoms with Crippen LogP contribution in [-0.4, -0.2) is 27.2 Å². The first-order valence-corrected chi connectivity index (χ1v) is 6.11. The number of hydrogen-bond acceptors (Lipinski definition) is 4. The molecule has 20 heavy (non-hydrogen) atoms. The first kappa shape index (κ1) is 13.8. The third-order valence-electron chi connectivity index (χ3n) is 2.55. The smallest absolute Gasteiger partial charge is 0.271 e. The van der Waals surface area contributed by atoms with Gasteiger partial charge in [0.2, 0.25) is 0 Å². The van der Waals surface area contributed by atoms with Gasteiger partial charge in [0, 0.05) is 19.4 Å². The lowest BCUT2D eigenvalue weighted by molar-refractivity contribution is 0.0945. The van der Waals surface area contributed by atoms with E-state index in [1.165, 1.54) is 0 Å². The lowest BCUT2D eigenvalue weighted by Crippen LogP contribution is -2.25. The molecule has 0 radical (unpaired) electrons. The molecule has 1 amide bonds. The maximum atomic E-state index is 12.1. The normalized spacial score (nSPS) is 9.70. The Balaban J connectivity index is 2.09. The molecule has 0 aliphatic heterocycles. The number of pyridine rings is 1. The van der Waals surface area contributed by atoms with Gasteiger partial charge in [0.05, 0.1) is 24.3 Å². The highest BCUT2D eigenvalue weighted by Crippen LogP contribution is 2.04. The summed E-state index contributed by atoms with van der Waals surface area (Å²) in [5.74, 6) is 5.28. The van der Waals surface area contributed by atoms with Gasteiger partial charge >= 0.3 is 0 Å². The van der Waals surface area contributed by atoms with Crippen LogP contribution in [-0.2, 0) is 13.6 Å². The van der Waals surface area contributed by atoms with Crippen LogP contribution in [0.25, 0.3) is 0 Å². The van der Waals surface area contributed by atoms with Crippen molar-refractivity contribution in [2.75, 3.05) is 6.54 Å². The molecule has 0 atom stereocenters. The number of amides is 1. The number of aryl methyl sites for hydroxylation is 1. The standard InChI is InChI=1S/C14H15N5O/c1-19-9-6-12(18-19)10-17-14(20)13-11(4-2-7-15)5-3-8-16-13/h3,5-6,8-9H,7,10,15H2,1H3,(H,17,20). The van der Waals surface area contributed by atoms with E-state index in [0.717, 1.165) is 5.69 Å². The SMILES string of the molecule is Cn1ccc(CNC(=O)c2ncccc2C#CCN)n1. The van der Waals surface area contributed by atoms with Crippen molar-refractivity contribution >= 4 is 5.91 Å². The number of carbonyl (C=O) groups excluding carboxylic acids is 1. The number of nitrogens with one attached hydrogen (secondary N) is 1. The topological polar surface area (TPSA) is 85.8 Å². The lowest BCUT2D eigenvalue weighted by atomic mass is 10.2. The molecule has 0 aliphatic carbocycles. The molecule has 0 fully saturated rings. The van der Waals surface area contributed by atoms with Crippen molar-refractivity contribution in [3.63, 3.8) is 0 Å². The number of rotatable bonds is 3. The van der Waals surface area contributed by atoms with Gasteiger partial charge in [0.25, 0.3) is 5.91 Å². The Morgan fingerprint density at radius 2 is 2.35 bits per heavy atom. The van der Waals surface area contributed by atoms with E-state index in [0.29, 0.717) is 17.8 Å². The predicted molar refractivity (Wildman–Crippen MR) is 74.5 cm³/mol. The van der Waals surface area contributed by atoms with Gasteiger partial charge in [0.1, 0.15) is 5.69 Å². The monoisotopic (exact) mass is 269 g/mol. The third-order valence-corrected chi connectivity index (χ3v) is 2.55. The van der Waals surface area contributed by atoms with Crippen molar-refractivity contribution < 1.29 is 4.79 Å². The van der Waals surface area contributed by atoms with Gasteiger partial charge in [-0.25, -0.2) is 4.98 Å². The molecular formula is C14H15N5O. The Morgan fingerprint density at radius 3 is 3.05 bits per heavy atom. The number of hydrogen-bond donors (Lipinski definition) is 2. The summed E-state index contributed by atoms with van der Waals surface area (Å²) in [5, 5.41) is 6.95. The summed E-state index contributed by atoms with van der Waals surface area (Å²) >= 11 is 0. The molecule has 6 heteroatoms. The van der Waals surface area contributed by atoms with E-state index in [1.807, 2.05) is 19.3 Å². The Hall–Kier alpha value is -2.65. The summed E-state index contributed by atoms with van der Waals surface area (Å²) in [6.45, 7) is 0.587. The zero-order valence-corrected chi connectivity index (χ0v) is 11.1. The highest BCUT2D eigenvalue weighted by molar-refractivity contribution is 5.94. The van der Waals surface area contributed by atoms with E-state index >= 15 is 0 Å².